The first-order chi connectivity index (χ1) is 14.4. The van der Waals surface area contributed by atoms with Crippen LogP contribution in [0, 0.1) is 22.5 Å². The van der Waals surface area contributed by atoms with E-state index in [-0.39, 0.29) is 18.2 Å². The Bertz CT molecular complexity index is 1110. The highest BCUT2D eigenvalue weighted by Crippen LogP contribution is 2.38. The summed E-state index contributed by atoms with van der Waals surface area (Å²) < 4.78 is 11.5. The summed E-state index contributed by atoms with van der Waals surface area (Å²) in [4.78, 5) is 27.3. The number of amidine groups is 1. The molecule has 1 heterocycles. The second kappa shape index (κ2) is 9.47. The van der Waals surface area contributed by atoms with Crippen LogP contribution in [-0.4, -0.2) is 29.7 Å². The van der Waals surface area contributed by atoms with E-state index < -0.39 is 4.92 Å². The highest BCUT2D eigenvalue weighted by molar-refractivity contribution is 9.10. The minimum atomic E-state index is -0.487. The average molecular weight is 488 g/mol. The van der Waals surface area contributed by atoms with Gasteiger partial charge in [0.15, 0.2) is 16.7 Å². The summed E-state index contributed by atoms with van der Waals surface area (Å²) in [5, 5.41) is 13.8. The molecule has 1 aliphatic heterocycles. The Morgan fingerprint density at radius 3 is 2.73 bits per heavy atom. The quantitative estimate of drug-likeness (QED) is 0.282. The number of carbonyl (C=O) groups is 1. The molecule has 0 radical (unpaired) electrons. The van der Waals surface area contributed by atoms with Gasteiger partial charge in [-0.1, -0.05) is 5.92 Å². The number of rotatable bonds is 6. The van der Waals surface area contributed by atoms with Crippen molar-refractivity contribution in [3.8, 4) is 23.8 Å². The molecule has 0 atom stereocenters. The van der Waals surface area contributed by atoms with E-state index in [0.717, 1.165) is 11.8 Å². The SMILES string of the molecule is C#CCOc1c(Br)cc(/C=C2\SC(=Nc3ccc([N+](=O)[O-])cc3)NC2=O)cc1OC. The largest absolute Gasteiger partial charge is 0.493 e. The van der Waals surface area contributed by atoms with Crippen LogP contribution in [0.3, 0.4) is 0 Å². The second-order valence-corrected chi connectivity index (χ2v) is 7.67. The number of ether oxygens (including phenoxy) is 2. The molecule has 0 bridgehead atoms. The van der Waals surface area contributed by atoms with E-state index >= 15 is 0 Å². The van der Waals surface area contributed by atoms with E-state index in [1.165, 1.54) is 31.4 Å². The normalized spacial score (nSPS) is 15.7. The number of nitro benzene ring substituents is 1. The number of amides is 1. The third kappa shape index (κ3) is 5.00. The zero-order chi connectivity index (χ0) is 21.7. The molecule has 10 heteroatoms. The van der Waals surface area contributed by atoms with Crippen molar-refractivity contribution < 1.29 is 19.2 Å². The third-order valence-corrected chi connectivity index (χ3v) is 5.29. The minimum absolute atomic E-state index is 0.0307. The number of hydrogen-bond acceptors (Lipinski definition) is 7. The first-order valence-corrected chi connectivity index (χ1v) is 10.00. The molecular weight excluding hydrogens is 474 g/mol. The molecule has 0 aliphatic carbocycles. The van der Waals surface area contributed by atoms with Gasteiger partial charge >= 0.3 is 0 Å². The number of methoxy groups -OCH3 is 1. The van der Waals surface area contributed by atoms with Crippen LogP contribution < -0.4 is 14.8 Å². The molecule has 3 rings (SSSR count). The van der Waals surface area contributed by atoms with Crippen molar-refractivity contribution in [3.05, 3.63) is 61.5 Å². The molecule has 1 saturated heterocycles. The van der Waals surface area contributed by atoms with Gasteiger partial charge < -0.3 is 14.8 Å². The van der Waals surface area contributed by atoms with Crippen LogP contribution in [0.5, 0.6) is 11.5 Å². The lowest BCUT2D eigenvalue weighted by Gasteiger charge is -2.12. The lowest BCUT2D eigenvalue weighted by molar-refractivity contribution is -0.384. The number of thioether (sulfide) groups is 1. The van der Waals surface area contributed by atoms with Gasteiger partial charge in [-0.2, -0.15) is 0 Å². The highest BCUT2D eigenvalue weighted by Gasteiger charge is 2.24. The summed E-state index contributed by atoms with van der Waals surface area (Å²) in [5.74, 6) is 3.03. The van der Waals surface area contributed by atoms with Crippen molar-refractivity contribution in [2.45, 2.75) is 0 Å². The van der Waals surface area contributed by atoms with Crippen molar-refractivity contribution in [3.63, 3.8) is 0 Å². The van der Waals surface area contributed by atoms with E-state index in [1.54, 1.807) is 18.2 Å². The lowest BCUT2D eigenvalue weighted by atomic mass is 10.2. The summed E-state index contributed by atoms with van der Waals surface area (Å²) in [5.41, 5.74) is 1.17. The molecule has 2 aromatic carbocycles. The number of nitrogens with one attached hydrogen (secondary N) is 1. The van der Waals surface area contributed by atoms with Crippen LogP contribution in [0.2, 0.25) is 0 Å². The molecule has 2 aromatic rings. The topological polar surface area (TPSA) is 103 Å². The number of hydrogen-bond donors (Lipinski definition) is 1. The molecule has 8 nitrogen and oxygen atoms in total. The van der Waals surface area contributed by atoms with Crippen LogP contribution in [0.1, 0.15) is 5.56 Å². The molecule has 1 amide bonds. The fourth-order valence-corrected chi connectivity index (χ4v) is 3.89. The summed E-state index contributed by atoms with van der Waals surface area (Å²) in [7, 11) is 1.51. The Kier molecular flexibility index (Phi) is 6.76. The number of terminal acetylenes is 1. The van der Waals surface area contributed by atoms with E-state index in [1.807, 2.05) is 0 Å². The van der Waals surface area contributed by atoms with E-state index in [2.05, 4.69) is 32.2 Å². The van der Waals surface area contributed by atoms with Crippen LogP contribution in [-0.2, 0) is 4.79 Å². The predicted octanol–water partition coefficient (Wildman–Crippen LogP) is 4.27. The number of non-ortho nitro benzene ring substituents is 1. The molecule has 1 fully saturated rings. The number of aliphatic imine (C=N–C) groups is 1. The fourth-order valence-electron chi connectivity index (χ4n) is 2.48. The Hall–Kier alpha value is -3.29. The molecule has 0 spiro atoms. The van der Waals surface area contributed by atoms with E-state index in [0.29, 0.717) is 37.3 Å². The van der Waals surface area contributed by atoms with Gasteiger partial charge in [0.2, 0.25) is 0 Å². The molecule has 0 unspecified atom stereocenters. The Morgan fingerprint density at radius 1 is 1.37 bits per heavy atom. The smallest absolute Gasteiger partial charge is 0.269 e. The van der Waals surface area contributed by atoms with Gasteiger partial charge in [-0.15, -0.1) is 6.42 Å². The number of nitro groups is 1. The average Bonchev–Trinajstić information content (AvgIpc) is 3.05. The van der Waals surface area contributed by atoms with E-state index in [4.69, 9.17) is 15.9 Å². The maximum Gasteiger partial charge on any atom is 0.269 e. The Labute approximate surface area is 184 Å². The fraction of sp³-hybridized carbons (Fsp3) is 0.100. The molecule has 1 aliphatic rings. The monoisotopic (exact) mass is 487 g/mol. The van der Waals surface area contributed by atoms with Crippen molar-refractivity contribution in [2.75, 3.05) is 13.7 Å². The highest BCUT2D eigenvalue weighted by atomic mass is 79.9. The summed E-state index contributed by atoms with van der Waals surface area (Å²) in [6.07, 6.45) is 6.92. The Balaban J connectivity index is 1.83. The molecule has 0 aromatic heterocycles. The zero-order valence-electron chi connectivity index (χ0n) is 15.5. The van der Waals surface area contributed by atoms with Crippen molar-refractivity contribution in [1.82, 2.24) is 5.32 Å². The molecule has 0 saturated carbocycles. The molecule has 30 heavy (non-hydrogen) atoms. The minimum Gasteiger partial charge on any atom is -0.493 e. The predicted molar refractivity (Wildman–Crippen MR) is 119 cm³/mol. The summed E-state index contributed by atoms with van der Waals surface area (Å²) in [6.45, 7) is 0.0934. The summed E-state index contributed by atoms with van der Waals surface area (Å²) >= 11 is 4.58. The van der Waals surface area contributed by atoms with Crippen LogP contribution in [0.4, 0.5) is 11.4 Å². The van der Waals surface area contributed by atoms with Gasteiger partial charge in [0.05, 0.1) is 27.1 Å². The molecule has 1 N–H and O–H groups in total. The Morgan fingerprint density at radius 2 is 2.10 bits per heavy atom. The van der Waals surface area contributed by atoms with Crippen LogP contribution in [0.15, 0.2) is 50.8 Å². The van der Waals surface area contributed by atoms with E-state index in [9.17, 15) is 14.9 Å². The number of halogens is 1. The maximum atomic E-state index is 12.3. The van der Waals surface area contributed by atoms with Gasteiger partial charge in [-0.05, 0) is 63.6 Å². The van der Waals surface area contributed by atoms with Gasteiger partial charge in [0.1, 0.15) is 6.61 Å². The van der Waals surface area contributed by atoms with Crippen molar-refractivity contribution in [1.29, 1.82) is 0 Å². The maximum absolute atomic E-state index is 12.3. The molecule has 152 valence electrons. The standard InChI is InChI=1S/C20H14BrN3O5S/c1-3-8-29-18-15(21)9-12(10-16(18)28-2)11-17-19(25)23-20(30-17)22-13-4-6-14(7-5-13)24(26)27/h1,4-7,9-11H,8H2,2H3,(H,22,23,25)/b17-11-. The van der Waals surface area contributed by atoms with Gasteiger partial charge in [-0.3, -0.25) is 14.9 Å². The number of nitrogens with zero attached hydrogens (tertiary/aromatic N) is 2. The van der Waals surface area contributed by atoms with Gasteiger partial charge in [0.25, 0.3) is 11.6 Å². The number of carbonyl (C=O) groups excluding carboxylic acids is 1. The second-order valence-electron chi connectivity index (χ2n) is 5.78. The van der Waals surface area contributed by atoms with Crippen molar-refractivity contribution in [2.24, 2.45) is 4.99 Å². The molecular formula is C20H14BrN3O5S. The van der Waals surface area contributed by atoms with Crippen molar-refractivity contribution >= 4 is 56.2 Å². The number of benzene rings is 2. The zero-order valence-corrected chi connectivity index (χ0v) is 18.0. The van der Waals surface area contributed by atoms with Crippen LogP contribution >= 0.6 is 27.7 Å². The van der Waals surface area contributed by atoms with Gasteiger partial charge in [-0.25, -0.2) is 4.99 Å². The summed E-state index contributed by atoms with van der Waals surface area (Å²) in [6, 6.07) is 9.23. The first-order valence-electron chi connectivity index (χ1n) is 8.39. The first kappa shape index (κ1) is 21.4. The van der Waals surface area contributed by atoms with Crippen LogP contribution in [0.25, 0.3) is 6.08 Å². The lowest BCUT2D eigenvalue weighted by Crippen LogP contribution is -2.19. The third-order valence-electron chi connectivity index (χ3n) is 3.79. The van der Waals surface area contributed by atoms with Gasteiger partial charge in [0, 0.05) is 12.1 Å².